The number of hydrogen-bond donors (Lipinski definition) is 0. The number of aromatic carboxylic acids is 1. The summed E-state index contributed by atoms with van der Waals surface area (Å²) >= 11 is 0. The number of benzene rings is 3. The van der Waals surface area contributed by atoms with Crippen molar-refractivity contribution in [1.29, 1.82) is 0 Å². The van der Waals surface area contributed by atoms with Crippen molar-refractivity contribution >= 4 is 24.1 Å². The van der Waals surface area contributed by atoms with Crippen LogP contribution in [0.2, 0.25) is 0 Å². The van der Waals surface area contributed by atoms with Crippen LogP contribution in [0.25, 0.3) is 11.1 Å². The predicted molar refractivity (Wildman–Crippen MR) is 188 cm³/mol. The Kier molecular flexibility index (Phi) is 17.9. The SMILES string of the molecule is CCCCCCCCCC(=O)Oc1ccc(OC(=O)Oc2ccc(C(=O)[O-])c(-c3ccc(C(=O)O[C@H](CCCCCOCC)C(F)(F)F)c(F)c3)c2)cc1. The monoisotopic (exact) mass is 761 g/mol. The molecule has 1 atom stereocenters. The molecule has 0 N–H and O–H groups in total. The second-order valence-electron chi connectivity index (χ2n) is 12.4. The van der Waals surface area contributed by atoms with Gasteiger partial charge in [0.25, 0.3) is 0 Å². The highest BCUT2D eigenvalue weighted by Gasteiger charge is 2.42. The van der Waals surface area contributed by atoms with Crippen LogP contribution in [0.15, 0.2) is 60.7 Å². The van der Waals surface area contributed by atoms with Crippen LogP contribution < -0.4 is 19.3 Å². The van der Waals surface area contributed by atoms with Gasteiger partial charge in [0.2, 0.25) is 0 Å². The van der Waals surface area contributed by atoms with Crippen LogP contribution in [-0.4, -0.2) is 49.6 Å². The Bertz CT molecular complexity index is 1670. The van der Waals surface area contributed by atoms with E-state index in [9.17, 15) is 37.5 Å². The van der Waals surface area contributed by atoms with Crippen molar-refractivity contribution in [3.8, 4) is 28.4 Å². The van der Waals surface area contributed by atoms with Crippen LogP contribution in [0.1, 0.15) is 112 Å². The standard InChI is InChI=1S/C40H46F4O10/c1-3-5-6-7-8-9-12-15-36(45)51-28-17-19-29(20-18-28)52-39(49)53-30-21-23-31(37(46)47)33(26-30)27-16-22-32(34(41)25-27)38(48)54-35(40(42,43)44)14-11-10-13-24-50-4-2/h16-23,25-26,35H,3-15,24H2,1-2H3,(H,46,47)/p-1/t35-/m1/s1. The number of carbonyl (C=O) groups excluding carboxylic acids is 4. The first-order valence-electron chi connectivity index (χ1n) is 18.0. The van der Waals surface area contributed by atoms with Crippen molar-refractivity contribution < 1.29 is 65.5 Å². The molecule has 3 aromatic rings. The third-order valence-corrected chi connectivity index (χ3v) is 8.23. The average molecular weight is 762 g/mol. The summed E-state index contributed by atoms with van der Waals surface area (Å²) in [5, 5.41) is 11.9. The van der Waals surface area contributed by atoms with Crippen LogP contribution in [0, 0.1) is 5.82 Å². The normalized spacial score (nSPS) is 11.8. The molecule has 0 aliphatic carbocycles. The molecule has 0 spiro atoms. The lowest BCUT2D eigenvalue weighted by molar-refractivity contribution is -0.255. The smallest absolute Gasteiger partial charge is 0.519 e. The quantitative estimate of drug-likeness (QED) is 0.0320. The van der Waals surface area contributed by atoms with Crippen molar-refractivity contribution in [2.45, 2.75) is 103 Å². The first-order chi connectivity index (χ1) is 25.8. The Balaban J connectivity index is 1.62. The summed E-state index contributed by atoms with van der Waals surface area (Å²) in [5.74, 6) is -4.80. The molecule has 54 heavy (non-hydrogen) atoms. The molecule has 0 bridgehead atoms. The minimum Gasteiger partial charge on any atom is -0.545 e. The van der Waals surface area contributed by atoms with Gasteiger partial charge >= 0.3 is 24.3 Å². The summed E-state index contributed by atoms with van der Waals surface area (Å²) in [6.07, 6.45) is -0.363. The van der Waals surface area contributed by atoms with E-state index in [1.54, 1.807) is 6.92 Å². The van der Waals surface area contributed by atoms with Gasteiger partial charge in [0, 0.05) is 25.2 Å². The summed E-state index contributed by atoms with van der Waals surface area (Å²) in [7, 11) is 0. The van der Waals surface area contributed by atoms with Gasteiger partial charge in [-0.25, -0.2) is 14.0 Å². The fourth-order valence-corrected chi connectivity index (χ4v) is 5.39. The summed E-state index contributed by atoms with van der Waals surface area (Å²) in [4.78, 5) is 49.2. The first-order valence-corrected chi connectivity index (χ1v) is 18.0. The lowest BCUT2D eigenvalue weighted by Crippen LogP contribution is -2.34. The molecule has 14 heteroatoms. The van der Waals surface area contributed by atoms with E-state index in [2.05, 4.69) is 11.7 Å². The van der Waals surface area contributed by atoms with Gasteiger partial charge in [-0.3, -0.25) is 4.79 Å². The molecule has 3 aromatic carbocycles. The topological polar surface area (TPSA) is 137 Å². The van der Waals surface area contributed by atoms with Crippen molar-refractivity contribution in [2.75, 3.05) is 13.2 Å². The number of unbranched alkanes of at least 4 members (excludes halogenated alkanes) is 8. The van der Waals surface area contributed by atoms with Gasteiger partial charge in [-0.15, -0.1) is 0 Å². The minimum atomic E-state index is -4.89. The van der Waals surface area contributed by atoms with Crippen LogP contribution >= 0.6 is 0 Å². The van der Waals surface area contributed by atoms with Crippen molar-refractivity contribution in [3.05, 3.63) is 77.6 Å². The highest BCUT2D eigenvalue weighted by Crippen LogP contribution is 2.32. The van der Waals surface area contributed by atoms with Gasteiger partial charge in [-0.05, 0) is 98.3 Å². The molecule has 0 aliphatic rings. The summed E-state index contributed by atoms with van der Waals surface area (Å²) < 4.78 is 81.4. The number of esters is 2. The lowest BCUT2D eigenvalue weighted by Gasteiger charge is -2.21. The van der Waals surface area contributed by atoms with Crippen molar-refractivity contribution in [2.24, 2.45) is 0 Å². The molecule has 10 nitrogen and oxygen atoms in total. The van der Waals surface area contributed by atoms with Gasteiger partial charge in [-0.1, -0.05) is 57.9 Å². The maximum absolute atomic E-state index is 15.2. The number of ether oxygens (including phenoxy) is 5. The van der Waals surface area contributed by atoms with Gasteiger partial charge in [0.1, 0.15) is 23.1 Å². The van der Waals surface area contributed by atoms with E-state index < -0.39 is 53.7 Å². The second-order valence-corrected chi connectivity index (χ2v) is 12.4. The lowest BCUT2D eigenvalue weighted by atomic mass is 9.98. The second kappa shape index (κ2) is 22.3. The number of carbonyl (C=O) groups is 4. The molecule has 0 radical (unpaired) electrons. The Morgan fingerprint density at radius 1 is 0.704 bits per heavy atom. The zero-order chi connectivity index (χ0) is 39.5. The molecule has 0 saturated carbocycles. The van der Waals surface area contributed by atoms with Gasteiger partial charge in [-0.2, -0.15) is 13.2 Å². The van der Waals surface area contributed by atoms with Crippen molar-refractivity contribution in [1.82, 2.24) is 0 Å². The Labute approximate surface area is 311 Å². The number of hydrogen-bond acceptors (Lipinski definition) is 10. The number of carboxylic acid groups (broad SMARTS) is 1. The van der Waals surface area contributed by atoms with Crippen LogP contribution in [0.3, 0.4) is 0 Å². The molecule has 0 saturated heterocycles. The molecule has 0 unspecified atom stereocenters. The zero-order valence-electron chi connectivity index (χ0n) is 30.3. The first kappa shape index (κ1) is 43.4. The van der Waals surface area contributed by atoms with Crippen LogP contribution in [0.4, 0.5) is 22.4 Å². The molecule has 294 valence electrons. The van der Waals surface area contributed by atoms with E-state index >= 15 is 4.39 Å². The van der Waals surface area contributed by atoms with E-state index in [0.29, 0.717) is 26.1 Å². The Hall–Kier alpha value is -4.98. The summed E-state index contributed by atoms with van der Waals surface area (Å²) in [6, 6.07) is 11.5. The van der Waals surface area contributed by atoms with Gasteiger partial charge in [0.15, 0.2) is 6.10 Å². The van der Waals surface area contributed by atoms with Crippen molar-refractivity contribution in [3.63, 3.8) is 0 Å². The minimum absolute atomic E-state index is 0.0392. The highest BCUT2D eigenvalue weighted by atomic mass is 19.4. The maximum Gasteiger partial charge on any atom is 0.519 e. The van der Waals surface area contributed by atoms with E-state index in [1.165, 1.54) is 43.5 Å². The predicted octanol–water partition coefficient (Wildman–Crippen LogP) is 9.16. The number of carboxylic acids is 1. The van der Waals surface area contributed by atoms with Gasteiger partial charge < -0.3 is 33.6 Å². The zero-order valence-corrected chi connectivity index (χ0v) is 30.3. The molecular formula is C40H45F4O10-. The van der Waals surface area contributed by atoms with E-state index in [1.807, 2.05) is 0 Å². The van der Waals surface area contributed by atoms with E-state index in [0.717, 1.165) is 62.1 Å². The maximum atomic E-state index is 15.2. The number of alkyl halides is 3. The Morgan fingerprint density at radius 3 is 1.93 bits per heavy atom. The largest absolute Gasteiger partial charge is 0.545 e. The molecule has 3 rings (SSSR count). The van der Waals surface area contributed by atoms with Crippen LogP contribution in [0.5, 0.6) is 17.2 Å². The molecule has 0 aromatic heterocycles. The third kappa shape index (κ3) is 14.8. The fraction of sp³-hybridized carbons (Fsp3) is 0.450. The number of halogens is 4. The van der Waals surface area contributed by atoms with Gasteiger partial charge in [0.05, 0.1) is 11.5 Å². The van der Waals surface area contributed by atoms with E-state index in [4.69, 9.17) is 18.9 Å². The summed E-state index contributed by atoms with van der Waals surface area (Å²) in [5.41, 5.74) is -1.56. The Morgan fingerprint density at radius 2 is 1.30 bits per heavy atom. The fourth-order valence-electron chi connectivity index (χ4n) is 5.39. The average Bonchev–Trinajstić information content (AvgIpc) is 3.12. The molecular weight excluding hydrogens is 716 g/mol. The number of rotatable bonds is 22. The molecule has 0 aliphatic heterocycles. The van der Waals surface area contributed by atoms with E-state index in [-0.39, 0.29) is 47.2 Å². The molecule has 0 heterocycles. The molecule has 0 fully saturated rings. The van der Waals surface area contributed by atoms with Crippen LogP contribution in [-0.2, 0) is 14.3 Å². The molecule has 0 amide bonds. The third-order valence-electron chi connectivity index (χ3n) is 8.23. The summed E-state index contributed by atoms with van der Waals surface area (Å²) in [6.45, 7) is 4.81. The highest BCUT2D eigenvalue weighted by molar-refractivity contribution is 5.96.